The number of amides is 1. The number of carbonyl (C=O) groups is 1. The van der Waals surface area contributed by atoms with Crippen LogP contribution in [0.4, 0.5) is 4.39 Å². The lowest BCUT2D eigenvalue weighted by atomic mass is 10.1. The van der Waals surface area contributed by atoms with Gasteiger partial charge in [-0.15, -0.1) is 0 Å². The van der Waals surface area contributed by atoms with Gasteiger partial charge < -0.3 is 9.64 Å². The zero-order chi connectivity index (χ0) is 22.1. The molecule has 162 valence electrons. The number of hydrogen-bond donors (Lipinski definition) is 0. The van der Waals surface area contributed by atoms with Crippen molar-refractivity contribution in [2.45, 2.75) is 45.9 Å². The summed E-state index contributed by atoms with van der Waals surface area (Å²) in [6.45, 7) is 5.36. The molecular weight excluding hydrogens is 429 g/mol. The molecule has 0 spiro atoms. The predicted molar refractivity (Wildman–Crippen MR) is 115 cm³/mol. The Morgan fingerprint density at radius 3 is 2.50 bits per heavy atom. The van der Waals surface area contributed by atoms with Crippen LogP contribution >= 0.6 is 11.6 Å². The molecule has 2 atom stereocenters. The van der Waals surface area contributed by atoms with Crippen molar-refractivity contribution in [2.75, 3.05) is 11.5 Å². The number of sulfone groups is 1. The first-order valence-corrected chi connectivity index (χ1v) is 11.9. The van der Waals surface area contributed by atoms with Crippen LogP contribution in [0.5, 0.6) is 5.75 Å². The van der Waals surface area contributed by atoms with E-state index in [1.165, 1.54) is 17.0 Å². The number of ether oxygens (including phenoxy) is 1. The maximum atomic E-state index is 14.4. The normalized spacial score (nSPS) is 18.8. The van der Waals surface area contributed by atoms with Gasteiger partial charge in [-0.2, -0.15) is 0 Å². The maximum Gasteiger partial charge on any atom is 0.263 e. The predicted octanol–water partition coefficient (Wildman–Crippen LogP) is 4.08. The average molecular weight is 454 g/mol. The van der Waals surface area contributed by atoms with Crippen molar-refractivity contribution < 1.29 is 22.3 Å². The van der Waals surface area contributed by atoms with Crippen LogP contribution in [0.2, 0.25) is 5.02 Å². The first-order valence-electron chi connectivity index (χ1n) is 9.74. The van der Waals surface area contributed by atoms with E-state index in [1.54, 1.807) is 13.0 Å². The molecule has 0 aliphatic carbocycles. The second-order valence-electron chi connectivity index (χ2n) is 7.81. The van der Waals surface area contributed by atoms with E-state index in [2.05, 4.69) is 0 Å². The highest BCUT2D eigenvalue weighted by atomic mass is 35.5. The third kappa shape index (κ3) is 5.32. The van der Waals surface area contributed by atoms with E-state index in [0.29, 0.717) is 12.2 Å². The van der Waals surface area contributed by atoms with Crippen molar-refractivity contribution in [3.05, 3.63) is 63.9 Å². The second-order valence-corrected chi connectivity index (χ2v) is 10.4. The summed E-state index contributed by atoms with van der Waals surface area (Å²) in [5.74, 6) is -0.546. The highest BCUT2D eigenvalue weighted by Gasteiger charge is 2.37. The summed E-state index contributed by atoms with van der Waals surface area (Å²) in [5.41, 5.74) is 2.17. The number of carbonyl (C=O) groups excluding carboxylic acids is 1. The Bertz CT molecular complexity index is 1020. The largest absolute Gasteiger partial charge is 0.481 e. The molecule has 3 rings (SSSR count). The van der Waals surface area contributed by atoms with Crippen LogP contribution in [0.3, 0.4) is 0 Å². The first kappa shape index (κ1) is 22.6. The molecule has 0 radical (unpaired) electrons. The summed E-state index contributed by atoms with van der Waals surface area (Å²) in [5, 5.41) is 0.191. The van der Waals surface area contributed by atoms with E-state index in [-0.39, 0.29) is 28.6 Å². The Kier molecular flexibility index (Phi) is 6.72. The lowest BCUT2D eigenvalue weighted by Crippen LogP contribution is -2.46. The van der Waals surface area contributed by atoms with Gasteiger partial charge in [0.05, 0.1) is 18.1 Å². The molecule has 1 heterocycles. The fraction of sp³-hybridized carbons (Fsp3) is 0.409. The molecule has 0 N–H and O–H groups in total. The number of aryl methyl sites for hydroxylation is 2. The topological polar surface area (TPSA) is 63.7 Å². The van der Waals surface area contributed by atoms with Crippen molar-refractivity contribution in [1.29, 1.82) is 0 Å². The SMILES string of the molecule is Cc1cc(C)cc(O[C@@H](C)C(=O)N(Cc2c(F)cccc2Cl)[C@H]2CCS(=O)(=O)C2)c1. The van der Waals surface area contributed by atoms with E-state index < -0.39 is 33.7 Å². The molecule has 0 aromatic heterocycles. The van der Waals surface area contributed by atoms with Crippen molar-refractivity contribution in [1.82, 2.24) is 4.90 Å². The lowest BCUT2D eigenvalue weighted by molar-refractivity contribution is -0.140. The molecule has 0 saturated carbocycles. The lowest BCUT2D eigenvalue weighted by Gasteiger charge is -2.31. The molecule has 30 heavy (non-hydrogen) atoms. The Balaban J connectivity index is 1.87. The van der Waals surface area contributed by atoms with Crippen LogP contribution in [0, 0.1) is 19.7 Å². The average Bonchev–Trinajstić information content (AvgIpc) is 2.99. The Hall–Kier alpha value is -2.12. The zero-order valence-corrected chi connectivity index (χ0v) is 18.8. The molecule has 5 nitrogen and oxygen atoms in total. The Morgan fingerprint density at radius 1 is 1.27 bits per heavy atom. The smallest absolute Gasteiger partial charge is 0.263 e. The van der Waals surface area contributed by atoms with Crippen molar-refractivity contribution in [3.63, 3.8) is 0 Å². The van der Waals surface area contributed by atoms with E-state index in [1.807, 2.05) is 32.0 Å². The van der Waals surface area contributed by atoms with Crippen LogP contribution in [0.1, 0.15) is 30.0 Å². The molecule has 1 aliphatic heterocycles. The first-order chi connectivity index (χ1) is 14.1. The van der Waals surface area contributed by atoms with Gasteiger partial charge in [0, 0.05) is 16.6 Å². The molecule has 8 heteroatoms. The van der Waals surface area contributed by atoms with Crippen LogP contribution in [-0.2, 0) is 21.2 Å². The van der Waals surface area contributed by atoms with Gasteiger partial charge in [-0.25, -0.2) is 12.8 Å². The van der Waals surface area contributed by atoms with Gasteiger partial charge in [0.1, 0.15) is 11.6 Å². The molecule has 0 bridgehead atoms. The summed E-state index contributed by atoms with van der Waals surface area (Å²) >= 11 is 6.16. The van der Waals surface area contributed by atoms with Crippen LogP contribution in [0.15, 0.2) is 36.4 Å². The van der Waals surface area contributed by atoms with Gasteiger partial charge in [0.25, 0.3) is 5.91 Å². The molecule has 1 saturated heterocycles. The third-order valence-corrected chi connectivity index (χ3v) is 7.28. The highest BCUT2D eigenvalue weighted by molar-refractivity contribution is 7.91. The van der Waals surface area contributed by atoms with Gasteiger partial charge in [-0.1, -0.05) is 23.7 Å². The van der Waals surface area contributed by atoms with Gasteiger partial charge in [-0.3, -0.25) is 4.79 Å². The van der Waals surface area contributed by atoms with Crippen molar-refractivity contribution >= 4 is 27.3 Å². The summed E-state index contributed by atoms with van der Waals surface area (Å²) in [6.07, 6.45) is -0.573. The molecule has 1 amide bonds. The summed E-state index contributed by atoms with van der Waals surface area (Å²) in [6, 6.07) is 9.40. The second kappa shape index (κ2) is 8.94. The van der Waals surface area contributed by atoms with E-state index in [9.17, 15) is 17.6 Å². The van der Waals surface area contributed by atoms with Crippen LogP contribution in [0.25, 0.3) is 0 Å². The van der Waals surface area contributed by atoms with Crippen LogP contribution in [-0.4, -0.2) is 42.9 Å². The molecule has 1 fully saturated rings. The zero-order valence-electron chi connectivity index (χ0n) is 17.2. The molecule has 2 aromatic carbocycles. The summed E-state index contributed by atoms with van der Waals surface area (Å²) < 4.78 is 44.3. The standard InChI is InChI=1S/C22H25ClFNO4S/c1-14-9-15(2)11-18(10-14)29-16(3)22(26)25(17-7-8-30(27,28)13-17)12-19-20(23)5-4-6-21(19)24/h4-6,9-11,16-17H,7-8,12-13H2,1-3H3/t16-,17-/m0/s1. The molecule has 0 unspecified atom stereocenters. The number of benzene rings is 2. The maximum absolute atomic E-state index is 14.4. The van der Waals surface area contributed by atoms with Crippen molar-refractivity contribution in [3.8, 4) is 5.75 Å². The van der Waals surface area contributed by atoms with Gasteiger partial charge in [-0.05, 0) is 62.6 Å². The number of hydrogen-bond acceptors (Lipinski definition) is 4. The number of halogens is 2. The number of nitrogens with zero attached hydrogens (tertiary/aromatic N) is 1. The quantitative estimate of drug-likeness (QED) is 0.661. The van der Waals surface area contributed by atoms with Gasteiger partial charge >= 0.3 is 0 Å². The molecule has 1 aliphatic rings. The fourth-order valence-corrected chi connectivity index (χ4v) is 5.70. The van der Waals surface area contributed by atoms with Crippen LogP contribution < -0.4 is 4.74 Å². The minimum absolute atomic E-state index is 0.00123. The Labute approximate surface area is 181 Å². The van der Waals surface area contributed by atoms with Gasteiger partial charge in [0.15, 0.2) is 15.9 Å². The monoisotopic (exact) mass is 453 g/mol. The number of rotatable bonds is 6. The highest BCUT2D eigenvalue weighted by Crippen LogP contribution is 2.27. The summed E-state index contributed by atoms with van der Waals surface area (Å²) in [7, 11) is -3.24. The fourth-order valence-electron chi connectivity index (χ4n) is 3.75. The van der Waals surface area contributed by atoms with Gasteiger partial charge in [0.2, 0.25) is 0 Å². The molecule has 2 aromatic rings. The summed E-state index contributed by atoms with van der Waals surface area (Å²) in [4.78, 5) is 14.7. The van der Waals surface area contributed by atoms with E-state index in [0.717, 1.165) is 11.1 Å². The van der Waals surface area contributed by atoms with E-state index >= 15 is 0 Å². The molecular formula is C22H25ClFNO4S. The minimum atomic E-state index is -3.24. The minimum Gasteiger partial charge on any atom is -0.481 e. The van der Waals surface area contributed by atoms with E-state index in [4.69, 9.17) is 16.3 Å². The van der Waals surface area contributed by atoms with Crippen molar-refractivity contribution in [2.24, 2.45) is 0 Å². The third-order valence-electron chi connectivity index (χ3n) is 5.18. The Morgan fingerprint density at radius 2 is 1.93 bits per heavy atom.